The smallest absolute Gasteiger partial charge is 0.223 e. The van der Waals surface area contributed by atoms with Crippen LogP contribution in [0.5, 0.6) is 0 Å². The molecule has 2 aromatic rings. The number of aryl methyl sites for hydroxylation is 2. The number of nitrogens with zero attached hydrogens (tertiary/aromatic N) is 2. The summed E-state index contributed by atoms with van der Waals surface area (Å²) in [4.78, 5) is 8.33. The summed E-state index contributed by atoms with van der Waals surface area (Å²) in [6.07, 6.45) is -0.977. The molecule has 1 unspecified atom stereocenters. The molecule has 20 heavy (non-hydrogen) atoms. The summed E-state index contributed by atoms with van der Waals surface area (Å²) < 4.78 is 25.9. The first kappa shape index (κ1) is 14.3. The SMILES string of the molecule is Cc1cc(C)nc(NCC(O)c2ccc(F)c(F)c2)n1. The number of hydrogen-bond acceptors (Lipinski definition) is 4. The molecule has 0 saturated heterocycles. The van der Waals surface area contributed by atoms with Crippen molar-refractivity contribution in [1.29, 1.82) is 0 Å². The van der Waals surface area contributed by atoms with Crippen molar-refractivity contribution in [3.05, 3.63) is 52.9 Å². The molecular formula is C14H15F2N3O. The topological polar surface area (TPSA) is 58.0 Å². The summed E-state index contributed by atoms with van der Waals surface area (Å²) >= 11 is 0. The lowest BCUT2D eigenvalue weighted by atomic mass is 10.1. The summed E-state index contributed by atoms with van der Waals surface area (Å²) in [5.74, 6) is -1.53. The van der Waals surface area contributed by atoms with Crippen LogP contribution in [-0.4, -0.2) is 21.6 Å². The van der Waals surface area contributed by atoms with Crippen molar-refractivity contribution in [2.45, 2.75) is 20.0 Å². The van der Waals surface area contributed by atoms with Crippen LogP contribution in [0.1, 0.15) is 23.1 Å². The Hall–Kier alpha value is -2.08. The number of halogens is 2. The molecule has 0 saturated carbocycles. The van der Waals surface area contributed by atoms with E-state index < -0.39 is 17.7 Å². The Morgan fingerprint density at radius 2 is 1.75 bits per heavy atom. The summed E-state index contributed by atoms with van der Waals surface area (Å²) in [5, 5.41) is 12.8. The lowest BCUT2D eigenvalue weighted by molar-refractivity contribution is 0.190. The summed E-state index contributed by atoms with van der Waals surface area (Å²) in [5.41, 5.74) is 1.91. The predicted molar refractivity (Wildman–Crippen MR) is 71.3 cm³/mol. The fourth-order valence-corrected chi connectivity index (χ4v) is 1.83. The molecule has 106 valence electrons. The van der Waals surface area contributed by atoms with E-state index in [-0.39, 0.29) is 6.54 Å². The highest BCUT2D eigenvalue weighted by molar-refractivity contribution is 5.29. The Morgan fingerprint density at radius 1 is 1.10 bits per heavy atom. The van der Waals surface area contributed by atoms with Crippen LogP contribution in [0.3, 0.4) is 0 Å². The molecule has 4 nitrogen and oxygen atoms in total. The average molecular weight is 279 g/mol. The molecular weight excluding hydrogens is 264 g/mol. The number of aliphatic hydroxyl groups excluding tert-OH is 1. The number of anilines is 1. The third kappa shape index (κ3) is 3.48. The van der Waals surface area contributed by atoms with Crippen LogP contribution in [-0.2, 0) is 0 Å². The van der Waals surface area contributed by atoms with E-state index in [9.17, 15) is 13.9 Å². The highest BCUT2D eigenvalue weighted by Gasteiger charge is 2.11. The predicted octanol–water partition coefficient (Wildman–Crippen LogP) is 2.52. The molecule has 1 heterocycles. The molecule has 0 aliphatic carbocycles. The van der Waals surface area contributed by atoms with Gasteiger partial charge in [0.1, 0.15) is 0 Å². The Kier molecular flexibility index (Phi) is 4.24. The monoisotopic (exact) mass is 279 g/mol. The van der Waals surface area contributed by atoms with E-state index in [1.807, 2.05) is 19.9 Å². The molecule has 2 N–H and O–H groups in total. The van der Waals surface area contributed by atoms with Crippen LogP contribution in [0.2, 0.25) is 0 Å². The van der Waals surface area contributed by atoms with Gasteiger partial charge in [-0.25, -0.2) is 18.7 Å². The Balaban J connectivity index is 2.04. The van der Waals surface area contributed by atoms with Crippen molar-refractivity contribution >= 4 is 5.95 Å². The maximum Gasteiger partial charge on any atom is 0.223 e. The minimum atomic E-state index is -0.982. The standard InChI is InChI=1S/C14H15F2N3O/c1-8-5-9(2)19-14(18-8)17-7-13(20)10-3-4-11(15)12(16)6-10/h3-6,13,20H,7H2,1-2H3,(H,17,18,19). The minimum absolute atomic E-state index is 0.105. The minimum Gasteiger partial charge on any atom is -0.387 e. The van der Waals surface area contributed by atoms with Gasteiger partial charge in [0.2, 0.25) is 5.95 Å². The number of nitrogens with one attached hydrogen (secondary N) is 1. The molecule has 1 aromatic heterocycles. The molecule has 0 aliphatic heterocycles. The average Bonchev–Trinajstić information content (AvgIpc) is 2.38. The van der Waals surface area contributed by atoms with Gasteiger partial charge in [0.15, 0.2) is 11.6 Å². The number of benzene rings is 1. The molecule has 0 fully saturated rings. The van der Waals surface area contributed by atoms with Gasteiger partial charge in [-0.3, -0.25) is 0 Å². The zero-order valence-electron chi connectivity index (χ0n) is 11.2. The van der Waals surface area contributed by atoms with Crippen molar-refractivity contribution in [1.82, 2.24) is 9.97 Å². The first-order chi connectivity index (χ1) is 9.45. The second-order valence-electron chi connectivity index (χ2n) is 4.54. The normalized spacial score (nSPS) is 12.2. The second-order valence-corrected chi connectivity index (χ2v) is 4.54. The molecule has 0 spiro atoms. The van der Waals surface area contributed by atoms with Crippen LogP contribution >= 0.6 is 0 Å². The maximum atomic E-state index is 13.1. The van der Waals surface area contributed by atoms with Crippen molar-refractivity contribution in [3.63, 3.8) is 0 Å². The van der Waals surface area contributed by atoms with Gasteiger partial charge >= 0.3 is 0 Å². The number of aromatic nitrogens is 2. The molecule has 0 bridgehead atoms. The van der Waals surface area contributed by atoms with E-state index >= 15 is 0 Å². The van der Waals surface area contributed by atoms with Gasteiger partial charge in [0, 0.05) is 17.9 Å². The first-order valence-corrected chi connectivity index (χ1v) is 6.15. The molecule has 2 rings (SSSR count). The number of hydrogen-bond donors (Lipinski definition) is 2. The third-order valence-corrected chi connectivity index (χ3v) is 2.76. The van der Waals surface area contributed by atoms with E-state index in [0.29, 0.717) is 11.5 Å². The summed E-state index contributed by atoms with van der Waals surface area (Å²) in [6, 6.07) is 5.13. The third-order valence-electron chi connectivity index (χ3n) is 2.76. The van der Waals surface area contributed by atoms with E-state index in [4.69, 9.17) is 0 Å². The fraction of sp³-hybridized carbons (Fsp3) is 0.286. The zero-order valence-corrected chi connectivity index (χ0v) is 11.2. The van der Waals surface area contributed by atoms with Gasteiger partial charge < -0.3 is 10.4 Å². The quantitative estimate of drug-likeness (QED) is 0.903. The van der Waals surface area contributed by atoms with Gasteiger partial charge in [-0.05, 0) is 37.6 Å². The molecule has 0 amide bonds. The van der Waals surface area contributed by atoms with Crippen LogP contribution in [0.25, 0.3) is 0 Å². The van der Waals surface area contributed by atoms with Crippen LogP contribution < -0.4 is 5.32 Å². The molecule has 1 atom stereocenters. The molecule has 0 aliphatic rings. The molecule has 6 heteroatoms. The Morgan fingerprint density at radius 3 is 2.35 bits per heavy atom. The Labute approximate surface area is 115 Å². The van der Waals surface area contributed by atoms with Crippen LogP contribution in [0, 0.1) is 25.5 Å². The van der Waals surface area contributed by atoms with Gasteiger partial charge in [-0.1, -0.05) is 6.07 Å². The first-order valence-electron chi connectivity index (χ1n) is 6.15. The molecule has 0 radical (unpaired) electrons. The van der Waals surface area contributed by atoms with Gasteiger partial charge in [0.05, 0.1) is 6.10 Å². The van der Waals surface area contributed by atoms with Crippen molar-refractivity contribution < 1.29 is 13.9 Å². The van der Waals surface area contributed by atoms with Crippen molar-refractivity contribution in [2.24, 2.45) is 0 Å². The number of aliphatic hydroxyl groups is 1. The summed E-state index contributed by atoms with van der Waals surface area (Å²) in [7, 11) is 0. The highest BCUT2D eigenvalue weighted by Crippen LogP contribution is 2.16. The van der Waals surface area contributed by atoms with Crippen LogP contribution in [0.4, 0.5) is 14.7 Å². The van der Waals surface area contributed by atoms with E-state index in [2.05, 4.69) is 15.3 Å². The van der Waals surface area contributed by atoms with Gasteiger partial charge in [0.25, 0.3) is 0 Å². The van der Waals surface area contributed by atoms with Gasteiger partial charge in [-0.15, -0.1) is 0 Å². The highest BCUT2D eigenvalue weighted by atomic mass is 19.2. The second kappa shape index (κ2) is 5.92. The zero-order chi connectivity index (χ0) is 14.7. The number of rotatable bonds is 4. The van der Waals surface area contributed by atoms with Crippen molar-refractivity contribution in [3.8, 4) is 0 Å². The van der Waals surface area contributed by atoms with E-state index in [0.717, 1.165) is 23.5 Å². The lowest BCUT2D eigenvalue weighted by Gasteiger charge is -2.13. The van der Waals surface area contributed by atoms with Gasteiger partial charge in [-0.2, -0.15) is 0 Å². The van der Waals surface area contributed by atoms with E-state index in [1.54, 1.807) is 0 Å². The Bertz CT molecular complexity index is 599. The maximum absolute atomic E-state index is 13.1. The fourth-order valence-electron chi connectivity index (χ4n) is 1.83. The van der Waals surface area contributed by atoms with E-state index in [1.165, 1.54) is 6.07 Å². The summed E-state index contributed by atoms with van der Waals surface area (Å²) in [6.45, 7) is 3.78. The van der Waals surface area contributed by atoms with Crippen molar-refractivity contribution in [2.75, 3.05) is 11.9 Å². The lowest BCUT2D eigenvalue weighted by Crippen LogP contribution is -2.14. The van der Waals surface area contributed by atoms with Crippen LogP contribution in [0.15, 0.2) is 24.3 Å². The molecule has 1 aromatic carbocycles. The largest absolute Gasteiger partial charge is 0.387 e.